The van der Waals surface area contributed by atoms with Crippen molar-refractivity contribution in [1.29, 1.82) is 0 Å². The van der Waals surface area contributed by atoms with E-state index >= 15 is 0 Å². The zero-order chi connectivity index (χ0) is 29.6. The maximum absolute atomic E-state index is 10.6. The fraction of sp³-hybridized carbons (Fsp3) is 0.458. The van der Waals surface area contributed by atoms with Gasteiger partial charge >= 0.3 is 24.3 Å². The van der Waals surface area contributed by atoms with Crippen molar-refractivity contribution in [2.24, 2.45) is 0 Å². The number of hydrogen-bond donors (Lipinski definition) is 2. The Morgan fingerprint density at radius 1 is 1.02 bits per heavy atom. The molecule has 9 nitrogen and oxygen atoms in total. The fourth-order valence-electron chi connectivity index (χ4n) is 4.01. The molecular weight excluding hydrogens is 574 g/mol. The summed E-state index contributed by atoms with van der Waals surface area (Å²) in [6, 6.07) is 10.3. The number of alkyl halides is 6. The molecule has 0 bridgehead atoms. The van der Waals surface area contributed by atoms with Crippen LogP contribution in [0.2, 0.25) is 0 Å². The molecule has 2 aromatic rings. The van der Waals surface area contributed by atoms with Crippen LogP contribution in [-0.2, 0) is 27.5 Å². The summed E-state index contributed by atoms with van der Waals surface area (Å²) in [4.78, 5) is 24.4. The Morgan fingerprint density at radius 2 is 1.65 bits per heavy atom. The van der Waals surface area contributed by atoms with Gasteiger partial charge in [0, 0.05) is 42.5 Å². The first-order valence-electron chi connectivity index (χ1n) is 11.5. The van der Waals surface area contributed by atoms with Gasteiger partial charge in [0.25, 0.3) is 0 Å². The molecule has 1 atom stereocenters. The van der Waals surface area contributed by atoms with Gasteiger partial charge in [-0.25, -0.2) is 9.59 Å². The molecule has 0 aliphatic carbocycles. The smallest absolute Gasteiger partial charge is 0.475 e. The van der Waals surface area contributed by atoms with Crippen molar-refractivity contribution in [3.8, 4) is 11.5 Å². The highest BCUT2D eigenvalue weighted by Crippen LogP contribution is 2.46. The summed E-state index contributed by atoms with van der Waals surface area (Å²) < 4.78 is 80.8. The first-order valence-corrected chi connectivity index (χ1v) is 12.5. The minimum absolute atomic E-state index is 0.336. The second-order valence-electron chi connectivity index (χ2n) is 8.93. The van der Waals surface area contributed by atoms with Gasteiger partial charge in [0.05, 0.1) is 12.7 Å². The lowest BCUT2D eigenvalue weighted by Gasteiger charge is -2.47. The molecule has 4 heterocycles. The number of carbonyl (C=O) groups is 2. The molecule has 2 saturated heterocycles. The van der Waals surface area contributed by atoms with E-state index in [9.17, 15) is 26.3 Å². The molecule has 3 aliphatic rings. The van der Waals surface area contributed by atoms with E-state index in [1.54, 1.807) is 6.20 Å². The van der Waals surface area contributed by atoms with E-state index in [0.717, 1.165) is 48.9 Å². The summed E-state index contributed by atoms with van der Waals surface area (Å²) in [6.07, 6.45) is -4.98. The van der Waals surface area contributed by atoms with Crippen molar-refractivity contribution in [3.63, 3.8) is 0 Å². The van der Waals surface area contributed by atoms with Crippen LogP contribution in [-0.4, -0.2) is 80.9 Å². The van der Waals surface area contributed by atoms with Crippen LogP contribution in [0.4, 0.5) is 26.3 Å². The molecule has 0 radical (unpaired) electrons. The van der Waals surface area contributed by atoms with E-state index in [4.69, 9.17) is 34.0 Å². The van der Waals surface area contributed by atoms with Crippen LogP contribution in [0.25, 0.3) is 0 Å². The Bertz CT molecular complexity index is 1140. The average Bonchev–Trinajstić information content (AvgIpc) is 3.50. The number of carboxylic acid groups (broad SMARTS) is 2. The quantitative estimate of drug-likeness (QED) is 0.481. The van der Waals surface area contributed by atoms with Gasteiger partial charge in [-0.2, -0.15) is 26.3 Å². The highest BCUT2D eigenvalue weighted by Gasteiger charge is 2.49. The number of carboxylic acids is 2. The number of nitrogens with zero attached hydrogens (tertiary/aromatic N) is 2. The predicted molar refractivity (Wildman–Crippen MR) is 128 cm³/mol. The minimum Gasteiger partial charge on any atom is -0.475 e. The van der Waals surface area contributed by atoms with E-state index in [1.165, 1.54) is 5.56 Å². The highest BCUT2D eigenvalue weighted by molar-refractivity contribution is 8.01. The van der Waals surface area contributed by atoms with Gasteiger partial charge in [0.2, 0.25) is 6.79 Å². The first kappa shape index (κ1) is 31.3. The average molecular weight is 599 g/mol. The Hall–Kier alpha value is -3.24. The second-order valence-corrected chi connectivity index (χ2v) is 10.4. The molecule has 1 unspecified atom stereocenters. The second kappa shape index (κ2) is 13.0. The van der Waals surface area contributed by atoms with Crippen LogP contribution in [0, 0.1) is 0 Å². The van der Waals surface area contributed by atoms with E-state index in [2.05, 4.69) is 39.8 Å². The number of ether oxygens (including phenoxy) is 3. The number of aromatic nitrogens is 1. The SMILES string of the molecule is O=C(O)C(F)(F)F.O=C(O)C(F)(F)F.c1cncc(COC2CSC3(C2)CN(Cc2ccc4c(c2)OCO4)C3)c1. The zero-order valence-corrected chi connectivity index (χ0v) is 21.4. The maximum Gasteiger partial charge on any atom is 0.490 e. The standard InChI is InChI=1S/C20H22N2O3S.2C2HF3O2/c1-2-16(8-21-5-1)10-23-17-7-20(26-11-17)12-22(13-20)9-15-3-4-18-19(6-15)25-14-24-18;2*3-2(4,5)1(6)7/h1-6,8,17H,7,9-14H2;2*(H,6,7). The third kappa shape index (κ3) is 9.16. The number of likely N-dealkylation sites (tertiary alicyclic amines) is 1. The third-order valence-corrected chi connectivity index (χ3v) is 7.31. The molecule has 1 aromatic carbocycles. The van der Waals surface area contributed by atoms with Crippen molar-refractivity contribution < 1.29 is 60.4 Å². The number of benzene rings is 1. The number of hydrogen-bond acceptors (Lipinski definition) is 8. The largest absolute Gasteiger partial charge is 0.490 e. The number of rotatable bonds is 5. The lowest BCUT2D eigenvalue weighted by atomic mass is 9.92. The molecular formula is C24H24F6N2O7S. The van der Waals surface area contributed by atoms with Crippen LogP contribution in [0.1, 0.15) is 17.5 Å². The zero-order valence-electron chi connectivity index (χ0n) is 20.6. The first-order chi connectivity index (χ1) is 18.7. The number of pyridine rings is 1. The Balaban J connectivity index is 0.000000263. The molecule has 40 heavy (non-hydrogen) atoms. The van der Waals surface area contributed by atoms with Crippen molar-refractivity contribution in [2.45, 2.75) is 42.8 Å². The van der Waals surface area contributed by atoms with Gasteiger partial charge in [0.1, 0.15) is 0 Å². The summed E-state index contributed by atoms with van der Waals surface area (Å²) >= 11 is 2.08. The van der Waals surface area contributed by atoms with E-state index in [0.29, 0.717) is 24.3 Å². The summed E-state index contributed by atoms with van der Waals surface area (Å²) in [7, 11) is 0. The summed E-state index contributed by atoms with van der Waals surface area (Å²) in [5.41, 5.74) is 2.44. The van der Waals surface area contributed by atoms with Gasteiger partial charge in [0.15, 0.2) is 11.5 Å². The number of aliphatic carboxylic acids is 2. The fourth-order valence-corrected chi connectivity index (χ4v) is 5.61. The highest BCUT2D eigenvalue weighted by atomic mass is 32.2. The van der Waals surface area contributed by atoms with Gasteiger partial charge in [-0.1, -0.05) is 12.1 Å². The van der Waals surface area contributed by atoms with Crippen LogP contribution in [0.3, 0.4) is 0 Å². The summed E-state index contributed by atoms with van der Waals surface area (Å²) in [5.74, 6) is -2.69. The molecule has 3 aliphatic heterocycles. The monoisotopic (exact) mass is 598 g/mol. The summed E-state index contributed by atoms with van der Waals surface area (Å²) in [5, 5.41) is 14.2. The van der Waals surface area contributed by atoms with Crippen molar-refractivity contribution in [1.82, 2.24) is 9.88 Å². The Morgan fingerprint density at radius 3 is 2.23 bits per heavy atom. The van der Waals surface area contributed by atoms with Gasteiger partial charge in [-0.15, -0.1) is 11.8 Å². The molecule has 1 aromatic heterocycles. The van der Waals surface area contributed by atoms with Gasteiger partial charge in [-0.3, -0.25) is 9.88 Å². The molecule has 2 N–H and O–H groups in total. The maximum atomic E-state index is 10.6. The minimum atomic E-state index is -5.08. The van der Waals surface area contributed by atoms with Crippen molar-refractivity contribution in [3.05, 3.63) is 53.9 Å². The van der Waals surface area contributed by atoms with Crippen molar-refractivity contribution in [2.75, 3.05) is 25.6 Å². The number of halogens is 6. The molecule has 0 amide bonds. The molecule has 2 fully saturated rings. The lowest BCUT2D eigenvalue weighted by molar-refractivity contribution is -0.193. The normalized spacial score (nSPS) is 19.1. The van der Waals surface area contributed by atoms with Crippen LogP contribution in [0.15, 0.2) is 42.7 Å². The number of thioether (sulfide) groups is 1. The Kier molecular flexibility index (Phi) is 10.1. The lowest BCUT2D eigenvalue weighted by Crippen LogP contribution is -2.58. The van der Waals surface area contributed by atoms with Gasteiger partial charge < -0.3 is 24.4 Å². The van der Waals surface area contributed by atoms with E-state index < -0.39 is 24.3 Å². The van der Waals surface area contributed by atoms with Gasteiger partial charge in [-0.05, 0) is 35.7 Å². The molecule has 1 spiro atoms. The number of fused-ring (bicyclic) bond motifs is 1. The van der Waals surface area contributed by atoms with Crippen LogP contribution in [0.5, 0.6) is 11.5 Å². The molecule has 5 rings (SSSR count). The molecule has 16 heteroatoms. The van der Waals surface area contributed by atoms with Crippen LogP contribution < -0.4 is 9.47 Å². The van der Waals surface area contributed by atoms with Crippen LogP contribution >= 0.6 is 11.8 Å². The third-order valence-electron chi connectivity index (χ3n) is 5.74. The van der Waals surface area contributed by atoms with Crippen molar-refractivity contribution >= 4 is 23.7 Å². The predicted octanol–water partition coefficient (Wildman–Crippen LogP) is 4.35. The topological polar surface area (TPSA) is 118 Å². The molecule has 0 saturated carbocycles. The van der Waals surface area contributed by atoms with E-state index in [1.807, 2.05) is 18.3 Å². The molecule has 220 valence electrons. The Labute approximate surface area is 228 Å². The summed E-state index contributed by atoms with van der Waals surface area (Å²) in [6.45, 7) is 4.25. The van der Waals surface area contributed by atoms with E-state index in [-0.39, 0.29) is 0 Å².